The Balaban J connectivity index is 1.52. The van der Waals surface area contributed by atoms with Crippen LogP contribution in [0.3, 0.4) is 0 Å². The zero-order chi connectivity index (χ0) is 22.7. The fourth-order valence-corrected chi connectivity index (χ4v) is 3.46. The number of aryl methyl sites for hydroxylation is 1. The van der Waals surface area contributed by atoms with Crippen LogP contribution in [0.5, 0.6) is 0 Å². The lowest BCUT2D eigenvalue weighted by Crippen LogP contribution is -2.12. The first-order valence-corrected chi connectivity index (χ1v) is 10.1. The van der Waals surface area contributed by atoms with Crippen LogP contribution in [0.2, 0.25) is 0 Å². The van der Waals surface area contributed by atoms with Gasteiger partial charge < -0.3 is 4.57 Å². The second kappa shape index (κ2) is 8.82. The number of aromatic nitrogens is 4. The average Bonchev–Trinajstić information content (AvgIpc) is 3.36. The summed E-state index contributed by atoms with van der Waals surface area (Å²) < 4.78 is 40.9. The predicted molar refractivity (Wildman–Crippen MR) is 117 cm³/mol. The van der Waals surface area contributed by atoms with E-state index in [1.165, 1.54) is 0 Å². The van der Waals surface area contributed by atoms with Gasteiger partial charge in [0.2, 0.25) is 0 Å². The number of hydrogen-bond donors (Lipinski definition) is 0. The second-order valence-corrected chi connectivity index (χ2v) is 7.59. The molecule has 3 aromatic heterocycles. The normalized spacial score (nSPS) is 12.1. The van der Waals surface area contributed by atoms with Gasteiger partial charge in [0.15, 0.2) is 0 Å². The molecule has 0 saturated carbocycles. The molecule has 4 aromatic rings. The molecule has 4 rings (SSSR count). The van der Waals surface area contributed by atoms with Crippen LogP contribution >= 0.6 is 0 Å². The van der Waals surface area contributed by atoms with Crippen molar-refractivity contribution in [2.45, 2.75) is 25.4 Å². The first-order chi connectivity index (χ1) is 15.3. The SMILES string of the molecule is Cn1ccnc1/C=C/c1ccn2c(-c3cccc(CC(=O)CCC(F)(F)F)c3)cnc2c1. The van der Waals surface area contributed by atoms with Crippen molar-refractivity contribution in [1.82, 2.24) is 18.9 Å². The Kier molecular flexibility index (Phi) is 5.94. The lowest BCUT2D eigenvalue weighted by atomic mass is 10.0. The number of benzene rings is 1. The molecule has 5 nitrogen and oxygen atoms in total. The third-order valence-corrected chi connectivity index (χ3v) is 5.13. The van der Waals surface area contributed by atoms with Crippen molar-refractivity contribution in [1.29, 1.82) is 0 Å². The van der Waals surface area contributed by atoms with Gasteiger partial charge in [-0.1, -0.05) is 24.3 Å². The molecule has 8 heteroatoms. The van der Waals surface area contributed by atoms with Crippen molar-refractivity contribution >= 4 is 23.6 Å². The van der Waals surface area contributed by atoms with Gasteiger partial charge in [-0.15, -0.1) is 0 Å². The van der Waals surface area contributed by atoms with Crippen molar-refractivity contribution in [2.24, 2.45) is 7.05 Å². The van der Waals surface area contributed by atoms with Gasteiger partial charge in [-0.05, 0) is 35.4 Å². The minimum atomic E-state index is -4.32. The largest absolute Gasteiger partial charge is 0.389 e. The lowest BCUT2D eigenvalue weighted by molar-refractivity contribution is -0.143. The molecule has 3 heterocycles. The summed E-state index contributed by atoms with van der Waals surface area (Å²) in [5.41, 5.74) is 4.09. The number of hydrogen-bond acceptors (Lipinski definition) is 3. The summed E-state index contributed by atoms with van der Waals surface area (Å²) in [7, 11) is 1.93. The van der Waals surface area contributed by atoms with E-state index in [2.05, 4.69) is 9.97 Å². The summed E-state index contributed by atoms with van der Waals surface area (Å²) >= 11 is 0. The van der Waals surface area contributed by atoms with Gasteiger partial charge >= 0.3 is 6.18 Å². The number of halogens is 3. The van der Waals surface area contributed by atoms with E-state index in [-0.39, 0.29) is 6.42 Å². The highest BCUT2D eigenvalue weighted by molar-refractivity contribution is 5.81. The molecule has 164 valence electrons. The molecule has 0 N–H and O–H groups in total. The van der Waals surface area contributed by atoms with E-state index >= 15 is 0 Å². The Morgan fingerprint density at radius 2 is 1.94 bits per heavy atom. The van der Waals surface area contributed by atoms with Crippen molar-refractivity contribution in [3.05, 3.63) is 78.1 Å². The minimum Gasteiger partial charge on any atom is -0.335 e. The molecule has 0 bridgehead atoms. The standard InChI is InChI=1S/C24H21F3N4O/c1-30-12-10-28-22(30)6-5-17-8-11-31-21(16-29-23(31)15-17)19-4-2-3-18(13-19)14-20(32)7-9-24(25,26)27/h2-6,8,10-13,15-16H,7,9,14H2,1H3/b6-5+. The Bertz CT molecular complexity index is 1280. The lowest BCUT2D eigenvalue weighted by Gasteiger charge is -2.07. The number of alkyl halides is 3. The molecular formula is C24H21F3N4O. The molecule has 0 amide bonds. The number of nitrogens with zero attached hydrogens (tertiary/aromatic N) is 4. The Morgan fingerprint density at radius 3 is 2.69 bits per heavy atom. The van der Waals surface area contributed by atoms with E-state index in [9.17, 15) is 18.0 Å². The van der Waals surface area contributed by atoms with Crippen LogP contribution in [0.25, 0.3) is 29.1 Å². The molecule has 1 aromatic carbocycles. The molecule has 0 unspecified atom stereocenters. The maximum Gasteiger partial charge on any atom is 0.389 e. The highest BCUT2D eigenvalue weighted by atomic mass is 19.4. The molecule has 0 radical (unpaired) electrons. The summed E-state index contributed by atoms with van der Waals surface area (Å²) in [5, 5.41) is 0. The zero-order valence-electron chi connectivity index (χ0n) is 17.4. The molecule has 0 fully saturated rings. The molecule has 0 atom stereocenters. The van der Waals surface area contributed by atoms with Gasteiger partial charge in [0.25, 0.3) is 0 Å². The third kappa shape index (κ3) is 5.14. The van der Waals surface area contributed by atoms with Gasteiger partial charge in [-0.3, -0.25) is 9.20 Å². The van der Waals surface area contributed by atoms with Crippen LogP contribution in [0.15, 0.2) is 61.2 Å². The van der Waals surface area contributed by atoms with Crippen molar-refractivity contribution in [3.8, 4) is 11.3 Å². The maximum atomic E-state index is 12.3. The van der Waals surface area contributed by atoms with Gasteiger partial charge in [-0.2, -0.15) is 13.2 Å². The Morgan fingerprint density at radius 1 is 1.09 bits per heavy atom. The topological polar surface area (TPSA) is 52.2 Å². The number of pyridine rings is 1. The Hall–Kier alpha value is -3.68. The maximum absolute atomic E-state index is 12.3. The summed E-state index contributed by atoms with van der Waals surface area (Å²) in [6, 6.07) is 11.2. The highest BCUT2D eigenvalue weighted by Gasteiger charge is 2.27. The first kappa shape index (κ1) is 21.5. The van der Waals surface area contributed by atoms with Crippen LogP contribution in [-0.4, -0.2) is 30.9 Å². The fraction of sp³-hybridized carbons (Fsp3) is 0.208. The molecule has 0 spiro atoms. The monoisotopic (exact) mass is 438 g/mol. The molecule has 0 saturated heterocycles. The van der Waals surface area contributed by atoms with E-state index in [4.69, 9.17) is 0 Å². The van der Waals surface area contributed by atoms with E-state index in [1.54, 1.807) is 24.5 Å². The van der Waals surface area contributed by atoms with E-state index in [0.29, 0.717) is 5.56 Å². The van der Waals surface area contributed by atoms with Crippen LogP contribution in [-0.2, 0) is 18.3 Å². The smallest absolute Gasteiger partial charge is 0.335 e. The average molecular weight is 438 g/mol. The van der Waals surface area contributed by atoms with Crippen molar-refractivity contribution < 1.29 is 18.0 Å². The van der Waals surface area contributed by atoms with Gasteiger partial charge in [-0.25, -0.2) is 9.97 Å². The van der Waals surface area contributed by atoms with Crippen molar-refractivity contribution in [2.75, 3.05) is 0 Å². The number of carbonyl (C=O) groups excluding carboxylic acids is 1. The van der Waals surface area contributed by atoms with Gasteiger partial charge in [0.1, 0.15) is 17.3 Å². The Labute approximate surface area is 182 Å². The summed E-state index contributed by atoms with van der Waals surface area (Å²) in [6.07, 6.45) is 5.22. The van der Waals surface area contributed by atoms with Crippen LogP contribution in [0.1, 0.15) is 29.8 Å². The number of carbonyl (C=O) groups is 1. The van der Waals surface area contributed by atoms with E-state index in [0.717, 1.165) is 28.3 Å². The molecule has 0 aliphatic rings. The van der Waals surface area contributed by atoms with E-state index < -0.39 is 24.8 Å². The zero-order valence-corrected chi connectivity index (χ0v) is 17.4. The fourth-order valence-electron chi connectivity index (χ4n) is 3.46. The highest BCUT2D eigenvalue weighted by Crippen LogP contribution is 2.25. The molecule has 0 aliphatic heterocycles. The summed E-state index contributed by atoms with van der Waals surface area (Å²) in [5.74, 6) is 0.414. The van der Waals surface area contributed by atoms with E-state index in [1.807, 2.05) is 64.8 Å². The predicted octanol–water partition coefficient (Wildman–Crippen LogP) is 5.36. The third-order valence-electron chi connectivity index (χ3n) is 5.13. The number of Topliss-reactive ketones (excluding diaryl/α,β-unsaturated/α-hetero) is 1. The summed E-state index contributed by atoms with van der Waals surface area (Å²) in [4.78, 5) is 20.7. The number of rotatable bonds is 7. The molecular weight excluding hydrogens is 417 g/mol. The van der Waals surface area contributed by atoms with Crippen LogP contribution in [0, 0.1) is 0 Å². The second-order valence-electron chi connectivity index (χ2n) is 7.59. The molecule has 0 aliphatic carbocycles. The molecule has 32 heavy (non-hydrogen) atoms. The quantitative estimate of drug-likeness (QED) is 0.390. The van der Waals surface area contributed by atoms with Gasteiger partial charge in [0.05, 0.1) is 18.3 Å². The number of ketones is 1. The minimum absolute atomic E-state index is 0.0250. The van der Waals surface area contributed by atoms with Gasteiger partial charge in [0, 0.05) is 44.0 Å². The number of imidazole rings is 2. The summed E-state index contributed by atoms with van der Waals surface area (Å²) in [6.45, 7) is 0. The number of fused-ring (bicyclic) bond motifs is 1. The van der Waals surface area contributed by atoms with Crippen molar-refractivity contribution in [3.63, 3.8) is 0 Å². The van der Waals surface area contributed by atoms with Crippen LogP contribution < -0.4 is 0 Å². The first-order valence-electron chi connectivity index (χ1n) is 10.1. The van der Waals surface area contributed by atoms with Crippen LogP contribution in [0.4, 0.5) is 13.2 Å².